The minimum atomic E-state index is -3.49. The van der Waals surface area contributed by atoms with Crippen molar-refractivity contribution in [1.29, 1.82) is 0 Å². The Bertz CT molecular complexity index is 694. The first kappa shape index (κ1) is 20.3. The van der Waals surface area contributed by atoms with Crippen molar-refractivity contribution in [1.82, 2.24) is 10.6 Å². The van der Waals surface area contributed by atoms with Gasteiger partial charge in [0.05, 0.1) is 6.04 Å². The number of amides is 1. The van der Waals surface area contributed by atoms with Crippen LogP contribution < -0.4 is 10.6 Å². The number of piperidine rings is 1. The van der Waals surface area contributed by atoms with Crippen molar-refractivity contribution in [2.24, 2.45) is 0 Å². The normalized spacial score (nSPS) is 18.8. The minimum absolute atomic E-state index is 0.237. The molecule has 0 aliphatic carbocycles. The summed E-state index contributed by atoms with van der Waals surface area (Å²) in [5.74, 6) is -0.385. The maximum absolute atomic E-state index is 12.8. The third kappa shape index (κ3) is 4.77. The van der Waals surface area contributed by atoms with Crippen LogP contribution >= 0.6 is 11.8 Å². The van der Waals surface area contributed by atoms with Crippen molar-refractivity contribution in [2.75, 3.05) is 19.3 Å². The van der Waals surface area contributed by atoms with E-state index in [4.69, 9.17) is 0 Å². The van der Waals surface area contributed by atoms with Crippen molar-refractivity contribution in [2.45, 2.75) is 54.5 Å². The highest BCUT2D eigenvalue weighted by molar-refractivity contribution is 7.99. The Labute approximate surface area is 155 Å². The maximum Gasteiger partial charge on any atom is 0.242 e. The molecule has 0 bridgehead atoms. The van der Waals surface area contributed by atoms with Crippen LogP contribution in [0.15, 0.2) is 29.2 Å². The number of thioether (sulfide) groups is 1. The summed E-state index contributed by atoms with van der Waals surface area (Å²) in [4.78, 5) is 14.0. The molecule has 0 radical (unpaired) electrons. The summed E-state index contributed by atoms with van der Waals surface area (Å²) in [6.45, 7) is 7.25. The number of nitrogens with one attached hydrogen (secondary N) is 2. The van der Waals surface area contributed by atoms with Gasteiger partial charge in [0.15, 0.2) is 14.6 Å². The van der Waals surface area contributed by atoms with Gasteiger partial charge in [0, 0.05) is 16.4 Å². The quantitative estimate of drug-likeness (QED) is 0.737. The first-order valence-corrected chi connectivity index (χ1v) is 11.4. The number of rotatable bonds is 6. The van der Waals surface area contributed by atoms with Gasteiger partial charge in [0.25, 0.3) is 0 Å². The van der Waals surface area contributed by atoms with Crippen molar-refractivity contribution in [3.8, 4) is 0 Å². The van der Waals surface area contributed by atoms with Crippen LogP contribution in [0.4, 0.5) is 0 Å². The Kier molecular flexibility index (Phi) is 6.56. The molecule has 1 aromatic rings. The van der Waals surface area contributed by atoms with E-state index < -0.39 is 14.6 Å². The van der Waals surface area contributed by atoms with E-state index in [-0.39, 0.29) is 11.9 Å². The third-order valence-electron chi connectivity index (χ3n) is 4.63. The van der Waals surface area contributed by atoms with Gasteiger partial charge in [-0.25, -0.2) is 8.42 Å². The molecule has 1 unspecified atom stereocenters. The summed E-state index contributed by atoms with van der Waals surface area (Å²) in [5.41, 5.74) is 0.971. The Balaban J connectivity index is 2.12. The second-order valence-corrected chi connectivity index (χ2v) is 10.9. The molecule has 140 valence electrons. The average molecular weight is 385 g/mol. The van der Waals surface area contributed by atoms with E-state index in [1.807, 2.05) is 31.2 Å². The average Bonchev–Trinajstić information content (AvgIpc) is 2.54. The number of benzene rings is 1. The predicted octanol–water partition coefficient (Wildman–Crippen LogP) is 2.53. The van der Waals surface area contributed by atoms with Crippen molar-refractivity contribution in [3.05, 3.63) is 29.8 Å². The van der Waals surface area contributed by atoms with Gasteiger partial charge < -0.3 is 10.6 Å². The van der Waals surface area contributed by atoms with Gasteiger partial charge in [-0.15, -0.1) is 11.8 Å². The summed E-state index contributed by atoms with van der Waals surface area (Å²) in [6.07, 6.45) is 1.79. The fraction of sp³-hybridized carbons (Fsp3) is 0.611. The van der Waals surface area contributed by atoms with Crippen LogP contribution in [-0.4, -0.2) is 43.7 Å². The molecule has 5 nitrogen and oxygen atoms in total. The van der Waals surface area contributed by atoms with Crippen molar-refractivity contribution in [3.63, 3.8) is 0 Å². The third-order valence-corrected chi connectivity index (χ3v) is 7.66. The van der Waals surface area contributed by atoms with E-state index >= 15 is 0 Å². The van der Waals surface area contributed by atoms with E-state index in [0.717, 1.165) is 5.56 Å². The number of hydrogen-bond acceptors (Lipinski definition) is 5. The lowest BCUT2D eigenvalue weighted by molar-refractivity contribution is -0.125. The zero-order chi connectivity index (χ0) is 18.7. The molecular formula is C18H28N2O3S2. The lowest BCUT2D eigenvalue weighted by Gasteiger charge is -2.35. The van der Waals surface area contributed by atoms with Gasteiger partial charge in [-0.3, -0.25) is 4.79 Å². The van der Waals surface area contributed by atoms with Gasteiger partial charge in [0.1, 0.15) is 0 Å². The molecule has 2 N–H and O–H groups in total. The van der Waals surface area contributed by atoms with Crippen LogP contribution in [0.2, 0.25) is 0 Å². The monoisotopic (exact) mass is 384 g/mol. The molecule has 2 rings (SSSR count). The van der Waals surface area contributed by atoms with Crippen molar-refractivity contribution >= 4 is 27.5 Å². The molecule has 1 heterocycles. The molecule has 1 aliphatic rings. The summed E-state index contributed by atoms with van der Waals surface area (Å²) < 4.78 is 23.3. The molecule has 1 aliphatic heterocycles. The second-order valence-electron chi connectivity index (χ2n) is 6.95. The van der Waals surface area contributed by atoms with Gasteiger partial charge in [-0.1, -0.05) is 26.0 Å². The number of hydrogen-bond donors (Lipinski definition) is 2. The Morgan fingerprint density at radius 2 is 1.72 bits per heavy atom. The largest absolute Gasteiger partial charge is 0.348 e. The summed E-state index contributed by atoms with van der Waals surface area (Å²) >= 11 is 1.78. The van der Waals surface area contributed by atoms with E-state index in [9.17, 15) is 13.2 Å². The van der Waals surface area contributed by atoms with Crippen LogP contribution in [0, 0.1) is 0 Å². The van der Waals surface area contributed by atoms with Crippen LogP contribution in [0.3, 0.4) is 0 Å². The summed E-state index contributed by atoms with van der Waals surface area (Å²) in [5, 5.41) is 6.56. The molecule has 1 amide bonds. The number of carbonyl (C=O) groups excluding carboxylic acids is 1. The van der Waals surface area contributed by atoms with Gasteiger partial charge >= 0.3 is 0 Å². The molecule has 25 heavy (non-hydrogen) atoms. The van der Waals surface area contributed by atoms with Gasteiger partial charge in [0.2, 0.25) is 5.91 Å². The minimum Gasteiger partial charge on any atom is -0.348 e. The van der Waals surface area contributed by atoms with E-state index in [1.165, 1.54) is 11.2 Å². The lowest BCUT2D eigenvalue weighted by Crippen LogP contribution is -2.57. The highest BCUT2D eigenvalue weighted by atomic mass is 32.2. The topological polar surface area (TPSA) is 75.3 Å². The van der Waals surface area contributed by atoms with Gasteiger partial charge in [-0.05, 0) is 50.6 Å². The SMILES string of the molecule is CC(C)Sc1ccc(C(C)NC(=O)C2(S(C)(=O)=O)CCNCC2)cc1. The molecule has 1 fully saturated rings. The molecular weight excluding hydrogens is 356 g/mol. The summed E-state index contributed by atoms with van der Waals surface area (Å²) in [7, 11) is -3.49. The molecule has 0 spiro atoms. The standard InChI is InChI=1S/C18H28N2O3S2/c1-13(2)24-16-7-5-15(6-8-16)14(3)20-17(21)18(25(4,22)23)9-11-19-12-10-18/h5-8,13-14,19H,9-12H2,1-4H3,(H,20,21). The number of carbonyl (C=O) groups is 1. The summed E-state index contributed by atoms with van der Waals surface area (Å²) in [6, 6.07) is 7.83. The smallest absolute Gasteiger partial charge is 0.242 e. The van der Waals surface area contributed by atoms with E-state index in [2.05, 4.69) is 24.5 Å². The lowest BCUT2D eigenvalue weighted by atomic mass is 9.95. The molecule has 0 saturated carbocycles. The zero-order valence-corrected chi connectivity index (χ0v) is 17.0. The molecule has 1 saturated heterocycles. The molecule has 7 heteroatoms. The van der Waals surface area contributed by atoms with E-state index in [0.29, 0.717) is 31.2 Å². The first-order chi connectivity index (χ1) is 11.7. The fourth-order valence-corrected chi connectivity index (χ4v) is 5.29. The number of sulfone groups is 1. The fourth-order valence-electron chi connectivity index (χ4n) is 3.12. The van der Waals surface area contributed by atoms with Crippen LogP contribution in [0.5, 0.6) is 0 Å². The first-order valence-electron chi connectivity index (χ1n) is 8.63. The van der Waals surface area contributed by atoms with Gasteiger partial charge in [-0.2, -0.15) is 0 Å². The molecule has 1 aromatic carbocycles. The van der Waals surface area contributed by atoms with E-state index in [1.54, 1.807) is 11.8 Å². The predicted molar refractivity (Wildman–Crippen MR) is 104 cm³/mol. The molecule has 1 atom stereocenters. The second kappa shape index (κ2) is 8.10. The van der Waals surface area contributed by atoms with Crippen LogP contribution in [0.1, 0.15) is 45.2 Å². The van der Waals surface area contributed by atoms with Crippen LogP contribution in [-0.2, 0) is 14.6 Å². The zero-order valence-electron chi connectivity index (χ0n) is 15.3. The van der Waals surface area contributed by atoms with Crippen LogP contribution in [0.25, 0.3) is 0 Å². The van der Waals surface area contributed by atoms with Crippen molar-refractivity contribution < 1.29 is 13.2 Å². The highest BCUT2D eigenvalue weighted by Crippen LogP contribution is 2.30. The maximum atomic E-state index is 12.8. The highest BCUT2D eigenvalue weighted by Gasteiger charge is 2.48. The Hall–Kier alpha value is -1.05. The molecule has 0 aromatic heterocycles. The Morgan fingerprint density at radius 1 is 1.16 bits per heavy atom. The Morgan fingerprint density at radius 3 is 2.20 bits per heavy atom.